The van der Waals surface area contributed by atoms with E-state index in [9.17, 15) is 5.11 Å². The Hall–Kier alpha value is -0.0800. The van der Waals surface area contributed by atoms with E-state index in [4.69, 9.17) is 0 Å². The van der Waals surface area contributed by atoms with Crippen molar-refractivity contribution < 1.29 is 5.11 Å². The molecule has 2 saturated carbocycles. The van der Waals surface area contributed by atoms with Crippen molar-refractivity contribution in [3.63, 3.8) is 0 Å². The largest absolute Gasteiger partial charge is 0.389 e. The minimum Gasteiger partial charge on any atom is -0.389 e. The van der Waals surface area contributed by atoms with Gasteiger partial charge in [-0.15, -0.1) is 0 Å². The smallest absolute Gasteiger partial charge is 0.0774 e. The number of rotatable bonds is 3. The van der Waals surface area contributed by atoms with Crippen LogP contribution in [0.1, 0.15) is 65.7 Å². The van der Waals surface area contributed by atoms with Gasteiger partial charge < -0.3 is 10.4 Å². The molecule has 0 bridgehead atoms. The van der Waals surface area contributed by atoms with Crippen molar-refractivity contribution in [1.29, 1.82) is 0 Å². The lowest BCUT2D eigenvalue weighted by Gasteiger charge is -2.39. The van der Waals surface area contributed by atoms with Crippen LogP contribution in [0.4, 0.5) is 0 Å². The Bertz CT molecular complexity index is 268. The molecule has 2 fully saturated rings. The Balaban J connectivity index is 1.80. The SMILES string of the molecule is CC1CCC(NCC2(O)CCCC(C)C2)C(C)C1. The maximum atomic E-state index is 10.6. The number of nitrogens with one attached hydrogen (secondary N) is 1. The van der Waals surface area contributed by atoms with Gasteiger partial charge in [0.2, 0.25) is 0 Å². The molecule has 0 aromatic heterocycles. The molecule has 2 N–H and O–H groups in total. The first-order valence-electron chi connectivity index (χ1n) is 7.94. The summed E-state index contributed by atoms with van der Waals surface area (Å²) < 4.78 is 0. The highest BCUT2D eigenvalue weighted by atomic mass is 16.3. The van der Waals surface area contributed by atoms with Crippen LogP contribution in [0.2, 0.25) is 0 Å². The van der Waals surface area contributed by atoms with Crippen molar-refractivity contribution in [3.8, 4) is 0 Å². The van der Waals surface area contributed by atoms with Gasteiger partial charge in [0.25, 0.3) is 0 Å². The van der Waals surface area contributed by atoms with E-state index in [1.165, 1.54) is 32.1 Å². The summed E-state index contributed by atoms with van der Waals surface area (Å²) in [6, 6.07) is 0.627. The molecule has 0 aromatic rings. The molecule has 18 heavy (non-hydrogen) atoms. The van der Waals surface area contributed by atoms with Gasteiger partial charge in [-0.1, -0.05) is 33.6 Å². The van der Waals surface area contributed by atoms with Crippen molar-refractivity contribution in [2.75, 3.05) is 6.54 Å². The molecule has 106 valence electrons. The molecule has 2 aliphatic rings. The van der Waals surface area contributed by atoms with E-state index in [0.29, 0.717) is 12.0 Å². The zero-order valence-corrected chi connectivity index (χ0v) is 12.4. The monoisotopic (exact) mass is 253 g/mol. The Morgan fingerprint density at radius 3 is 2.56 bits per heavy atom. The second-order valence-corrected chi connectivity index (χ2v) is 7.31. The van der Waals surface area contributed by atoms with Gasteiger partial charge in [-0.2, -0.15) is 0 Å². The van der Waals surface area contributed by atoms with E-state index in [1.54, 1.807) is 0 Å². The first-order chi connectivity index (χ1) is 8.48. The number of hydrogen-bond donors (Lipinski definition) is 2. The van der Waals surface area contributed by atoms with Gasteiger partial charge in [-0.05, 0) is 49.9 Å². The molecule has 2 aliphatic carbocycles. The average molecular weight is 253 g/mol. The number of aliphatic hydroxyl groups is 1. The standard InChI is InChI=1S/C16H31NO/c1-12-6-7-15(14(3)9-12)17-11-16(18)8-4-5-13(2)10-16/h12-15,17-18H,4-11H2,1-3H3. The molecule has 0 radical (unpaired) electrons. The lowest BCUT2D eigenvalue weighted by Crippen LogP contribution is -2.49. The molecule has 0 heterocycles. The van der Waals surface area contributed by atoms with E-state index in [0.717, 1.165) is 31.2 Å². The minimum atomic E-state index is -0.430. The second kappa shape index (κ2) is 5.92. The highest BCUT2D eigenvalue weighted by molar-refractivity contribution is 4.90. The van der Waals surface area contributed by atoms with Crippen LogP contribution >= 0.6 is 0 Å². The fourth-order valence-electron chi connectivity index (χ4n) is 4.08. The van der Waals surface area contributed by atoms with E-state index in [2.05, 4.69) is 26.1 Å². The third kappa shape index (κ3) is 3.71. The quantitative estimate of drug-likeness (QED) is 0.808. The zero-order valence-electron chi connectivity index (χ0n) is 12.4. The predicted molar refractivity (Wildman–Crippen MR) is 76.6 cm³/mol. The Kier molecular flexibility index (Phi) is 4.71. The van der Waals surface area contributed by atoms with Gasteiger partial charge in [0.05, 0.1) is 5.60 Å². The molecule has 2 rings (SSSR count). The topological polar surface area (TPSA) is 32.3 Å². The first-order valence-corrected chi connectivity index (χ1v) is 7.94. The van der Waals surface area contributed by atoms with E-state index in [-0.39, 0.29) is 0 Å². The lowest BCUT2D eigenvalue weighted by molar-refractivity contribution is -0.0164. The maximum Gasteiger partial charge on any atom is 0.0774 e. The summed E-state index contributed by atoms with van der Waals surface area (Å²) in [7, 11) is 0. The fourth-order valence-corrected chi connectivity index (χ4v) is 4.08. The van der Waals surface area contributed by atoms with Crippen molar-refractivity contribution >= 4 is 0 Å². The first kappa shape index (κ1) is 14.3. The van der Waals surface area contributed by atoms with E-state index >= 15 is 0 Å². The van der Waals surface area contributed by atoms with Crippen LogP contribution in [0.3, 0.4) is 0 Å². The molecule has 0 spiro atoms. The van der Waals surface area contributed by atoms with Crippen molar-refractivity contribution in [2.24, 2.45) is 17.8 Å². The molecule has 0 amide bonds. The highest BCUT2D eigenvalue weighted by Gasteiger charge is 2.34. The molecular weight excluding hydrogens is 222 g/mol. The second-order valence-electron chi connectivity index (χ2n) is 7.31. The molecule has 0 aromatic carbocycles. The summed E-state index contributed by atoms with van der Waals surface area (Å²) >= 11 is 0. The van der Waals surface area contributed by atoms with Gasteiger partial charge in [0.15, 0.2) is 0 Å². The summed E-state index contributed by atoms with van der Waals surface area (Å²) in [5.41, 5.74) is -0.430. The molecule has 2 heteroatoms. The Morgan fingerprint density at radius 1 is 1.11 bits per heavy atom. The summed E-state index contributed by atoms with van der Waals surface area (Å²) in [6.07, 6.45) is 8.42. The minimum absolute atomic E-state index is 0.430. The molecular formula is C16H31NO. The van der Waals surface area contributed by atoms with Crippen LogP contribution in [0, 0.1) is 17.8 Å². The van der Waals surface area contributed by atoms with Crippen LogP contribution < -0.4 is 5.32 Å². The van der Waals surface area contributed by atoms with Gasteiger partial charge in [0, 0.05) is 12.6 Å². The zero-order chi connectivity index (χ0) is 13.2. The average Bonchev–Trinajstić information content (AvgIpc) is 2.27. The fraction of sp³-hybridized carbons (Fsp3) is 1.00. The van der Waals surface area contributed by atoms with Crippen LogP contribution in [-0.2, 0) is 0 Å². The van der Waals surface area contributed by atoms with Gasteiger partial charge in [-0.25, -0.2) is 0 Å². The summed E-state index contributed by atoms with van der Waals surface area (Å²) in [4.78, 5) is 0. The molecule has 0 aliphatic heterocycles. The molecule has 2 nitrogen and oxygen atoms in total. The lowest BCUT2D eigenvalue weighted by atomic mass is 9.77. The van der Waals surface area contributed by atoms with E-state index < -0.39 is 5.60 Å². The summed E-state index contributed by atoms with van der Waals surface area (Å²) in [5.74, 6) is 2.34. The van der Waals surface area contributed by atoms with Crippen LogP contribution in [0.5, 0.6) is 0 Å². The van der Waals surface area contributed by atoms with Gasteiger partial charge in [0.1, 0.15) is 0 Å². The number of hydrogen-bond acceptors (Lipinski definition) is 2. The Morgan fingerprint density at radius 2 is 1.89 bits per heavy atom. The van der Waals surface area contributed by atoms with Crippen molar-refractivity contribution in [1.82, 2.24) is 5.32 Å². The van der Waals surface area contributed by atoms with Gasteiger partial charge in [-0.3, -0.25) is 0 Å². The Labute approximate surface area is 113 Å². The normalized spacial score (nSPS) is 46.0. The molecule has 5 unspecified atom stereocenters. The van der Waals surface area contributed by atoms with Crippen LogP contribution in [0.15, 0.2) is 0 Å². The van der Waals surface area contributed by atoms with Gasteiger partial charge >= 0.3 is 0 Å². The van der Waals surface area contributed by atoms with Crippen molar-refractivity contribution in [2.45, 2.75) is 77.4 Å². The summed E-state index contributed by atoms with van der Waals surface area (Å²) in [5, 5.41) is 14.3. The molecule has 5 atom stereocenters. The van der Waals surface area contributed by atoms with E-state index in [1.807, 2.05) is 0 Å². The predicted octanol–water partition coefficient (Wildman–Crippen LogP) is 3.34. The van der Waals surface area contributed by atoms with Crippen molar-refractivity contribution in [3.05, 3.63) is 0 Å². The maximum absolute atomic E-state index is 10.6. The molecule has 0 saturated heterocycles. The third-order valence-corrected chi connectivity index (χ3v) is 5.19. The third-order valence-electron chi connectivity index (χ3n) is 5.19. The van der Waals surface area contributed by atoms with Crippen LogP contribution in [-0.4, -0.2) is 23.3 Å². The summed E-state index contributed by atoms with van der Waals surface area (Å²) in [6.45, 7) is 7.81. The highest BCUT2D eigenvalue weighted by Crippen LogP contribution is 2.33. The van der Waals surface area contributed by atoms with Crippen LogP contribution in [0.25, 0.3) is 0 Å².